The fraction of sp³-hybridized carbons (Fsp3) is 0.400. The Kier molecular flexibility index (Phi) is 4.83. The molecule has 0 radical (unpaired) electrons. The zero-order chi connectivity index (χ0) is 15.0. The van der Waals surface area contributed by atoms with Crippen molar-refractivity contribution in [2.45, 2.75) is 25.8 Å². The van der Waals surface area contributed by atoms with Gasteiger partial charge >= 0.3 is 0 Å². The van der Waals surface area contributed by atoms with Crippen molar-refractivity contribution in [3.63, 3.8) is 0 Å². The van der Waals surface area contributed by atoms with Crippen LogP contribution in [0.25, 0.3) is 5.65 Å². The van der Waals surface area contributed by atoms with Crippen LogP contribution in [0.5, 0.6) is 0 Å². The van der Waals surface area contributed by atoms with Gasteiger partial charge < -0.3 is 10.6 Å². The number of carbonyl (C=O) groups is 1. The predicted octanol–water partition coefficient (Wildman–Crippen LogP) is 0.988. The average Bonchev–Trinajstić information content (AvgIpc) is 2.96. The second kappa shape index (κ2) is 6.46. The monoisotopic (exact) mass is 322 g/mol. The van der Waals surface area contributed by atoms with Gasteiger partial charge in [0.25, 0.3) is 11.5 Å². The molecule has 0 aromatic carbocycles. The number of halogens is 1. The van der Waals surface area contributed by atoms with Crippen molar-refractivity contribution in [2.24, 2.45) is 5.73 Å². The zero-order valence-electron chi connectivity index (χ0n) is 12.4. The Morgan fingerprint density at radius 2 is 2.23 bits per heavy atom. The van der Waals surface area contributed by atoms with Crippen LogP contribution in [0.1, 0.15) is 28.8 Å². The topological polar surface area (TPSA) is 80.7 Å². The van der Waals surface area contributed by atoms with E-state index in [1.807, 2.05) is 13.0 Å². The zero-order valence-corrected chi connectivity index (χ0v) is 13.2. The minimum atomic E-state index is -0.323. The standard InChI is InChI=1S/C15H18N4O2.ClH/c1-10-4-5-13-17-8-12(15(21)19(13)9-10)14(20)18-6-2-3-11(18)7-16;/h4-5,8-9,11H,2-3,6-7,16H2,1H3;1H. The highest BCUT2D eigenvalue weighted by Crippen LogP contribution is 2.18. The normalized spacial score (nSPS) is 17.5. The maximum atomic E-state index is 12.6. The van der Waals surface area contributed by atoms with Gasteiger partial charge in [0.05, 0.1) is 0 Å². The number of nitrogens with zero attached hydrogens (tertiary/aromatic N) is 3. The van der Waals surface area contributed by atoms with Crippen molar-refractivity contribution in [2.75, 3.05) is 13.1 Å². The summed E-state index contributed by atoms with van der Waals surface area (Å²) in [4.78, 5) is 31.0. The van der Waals surface area contributed by atoms with Gasteiger partial charge in [0.1, 0.15) is 11.2 Å². The molecule has 1 aliphatic heterocycles. The van der Waals surface area contributed by atoms with Gasteiger partial charge in [-0.2, -0.15) is 0 Å². The fourth-order valence-corrected chi connectivity index (χ4v) is 2.83. The van der Waals surface area contributed by atoms with Crippen LogP contribution >= 0.6 is 12.4 Å². The van der Waals surface area contributed by atoms with E-state index < -0.39 is 0 Å². The molecule has 0 spiro atoms. The van der Waals surface area contributed by atoms with Crippen LogP contribution in [-0.4, -0.2) is 39.3 Å². The van der Waals surface area contributed by atoms with Gasteiger partial charge in [0, 0.05) is 31.5 Å². The molecule has 0 bridgehead atoms. The number of carbonyl (C=O) groups excluding carboxylic acids is 1. The first-order chi connectivity index (χ1) is 10.1. The van der Waals surface area contributed by atoms with Gasteiger partial charge in [0.15, 0.2) is 0 Å². The number of fused-ring (bicyclic) bond motifs is 1. The summed E-state index contributed by atoms with van der Waals surface area (Å²) >= 11 is 0. The van der Waals surface area contributed by atoms with E-state index >= 15 is 0 Å². The Morgan fingerprint density at radius 3 is 2.95 bits per heavy atom. The number of rotatable bonds is 2. The number of nitrogens with two attached hydrogens (primary N) is 1. The number of aromatic nitrogens is 2. The van der Waals surface area contributed by atoms with E-state index in [0.717, 1.165) is 18.4 Å². The number of aryl methyl sites for hydroxylation is 1. The molecule has 7 heteroatoms. The van der Waals surface area contributed by atoms with E-state index in [-0.39, 0.29) is 35.5 Å². The molecule has 3 heterocycles. The summed E-state index contributed by atoms with van der Waals surface area (Å²) < 4.78 is 1.43. The van der Waals surface area contributed by atoms with Gasteiger partial charge in [-0.25, -0.2) is 4.98 Å². The number of pyridine rings is 1. The summed E-state index contributed by atoms with van der Waals surface area (Å²) in [7, 11) is 0. The lowest BCUT2D eigenvalue weighted by Gasteiger charge is -2.23. The van der Waals surface area contributed by atoms with Crippen molar-refractivity contribution in [3.05, 3.63) is 46.0 Å². The van der Waals surface area contributed by atoms with Gasteiger partial charge in [0.2, 0.25) is 0 Å². The number of amides is 1. The second-order valence-electron chi connectivity index (χ2n) is 5.44. The molecule has 1 aliphatic rings. The Bertz CT molecular complexity index is 759. The summed E-state index contributed by atoms with van der Waals surface area (Å²) in [5.74, 6) is -0.267. The minimum absolute atomic E-state index is 0. The van der Waals surface area contributed by atoms with Crippen LogP contribution in [0.2, 0.25) is 0 Å². The maximum Gasteiger partial charge on any atom is 0.270 e. The molecule has 0 aliphatic carbocycles. The van der Waals surface area contributed by atoms with Crippen LogP contribution < -0.4 is 11.3 Å². The van der Waals surface area contributed by atoms with E-state index in [1.54, 1.807) is 17.2 Å². The molecule has 22 heavy (non-hydrogen) atoms. The van der Waals surface area contributed by atoms with E-state index in [9.17, 15) is 9.59 Å². The van der Waals surface area contributed by atoms with E-state index in [4.69, 9.17) is 5.73 Å². The highest BCUT2D eigenvalue weighted by molar-refractivity contribution is 5.94. The summed E-state index contributed by atoms with van der Waals surface area (Å²) in [5.41, 5.74) is 6.96. The van der Waals surface area contributed by atoms with Gasteiger partial charge in [-0.1, -0.05) is 6.07 Å². The Hall–Kier alpha value is -1.92. The molecular weight excluding hydrogens is 304 g/mol. The first-order valence-electron chi connectivity index (χ1n) is 7.11. The third-order valence-corrected chi connectivity index (χ3v) is 3.99. The van der Waals surface area contributed by atoms with Crippen molar-refractivity contribution < 1.29 is 4.79 Å². The maximum absolute atomic E-state index is 12.6. The molecule has 2 aromatic rings. The fourth-order valence-electron chi connectivity index (χ4n) is 2.83. The predicted molar refractivity (Wildman–Crippen MR) is 86.6 cm³/mol. The van der Waals surface area contributed by atoms with Crippen molar-refractivity contribution in [1.82, 2.24) is 14.3 Å². The number of likely N-dealkylation sites (tertiary alicyclic amines) is 1. The molecule has 118 valence electrons. The van der Waals surface area contributed by atoms with Crippen LogP contribution in [0.4, 0.5) is 0 Å². The minimum Gasteiger partial charge on any atom is -0.334 e. The lowest BCUT2D eigenvalue weighted by molar-refractivity contribution is 0.0739. The molecule has 0 saturated carbocycles. The van der Waals surface area contributed by atoms with E-state index in [2.05, 4.69) is 4.98 Å². The third-order valence-electron chi connectivity index (χ3n) is 3.99. The molecule has 3 rings (SSSR count). The van der Waals surface area contributed by atoms with E-state index in [1.165, 1.54) is 10.6 Å². The molecule has 1 unspecified atom stereocenters. The van der Waals surface area contributed by atoms with Crippen molar-refractivity contribution >= 4 is 24.0 Å². The molecule has 1 fully saturated rings. The van der Waals surface area contributed by atoms with Gasteiger partial charge in [-0.3, -0.25) is 14.0 Å². The van der Waals surface area contributed by atoms with Crippen LogP contribution in [0.15, 0.2) is 29.3 Å². The second-order valence-corrected chi connectivity index (χ2v) is 5.44. The highest BCUT2D eigenvalue weighted by atomic mass is 35.5. The van der Waals surface area contributed by atoms with Crippen LogP contribution in [0.3, 0.4) is 0 Å². The molecule has 1 saturated heterocycles. The summed E-state index contributed by atoms with van der Waals surface area (Å²) in [6.07, 6.45) is 4.89. The smallest absolute Gasteiger partial charge is 0.270 e. The number of hydrogen-bond donors (Lipinski definition) is 1. The Labute approximate surface area is 134 Å². The third kappa shape index (κ3) is 2.71. The molecule has 1 amide bonds. The first kappa shape index (κ1) is 16.5. The largest absolute Gasteiger partial charge is 0.334 e. The average molecular weight is 323 g/mol. The molecule has 6 nitrogen and oxygen atoms in total. The lowest BCUT2D eigenvalue weighted by Crippen LogP contribution is -2.42. The van der Waals surface area contributed by atoms with Crippen LogP contribution in [-0.2, 0) is 0 Å². The first-order valence-corrected chi connectivity index (χ1v) is 7.11. The number of hydrogen-bond acceptors (Lipinski definition) is 4. The van der Waals surface area contributed by atoms with Crippen molar-refractivity contribution in [3.8, 4) is 0 Å². The lowest BCUT2D eigenvalue weighted by atomic mass is 10.2. The SMILES string of the molecule is Cc1ccc2ncc(C(=O)N3CCCC3CN)c(=O)n2c1.Cl. The summed E-state index contributed by atoms with van der Waals surface area (Å²) in [6, 6.07) is 3.67. The Balaban J connectivity index is 0.00000176. The molecule has 2 aromatic heterocycles. The summed E-state index contributed by atoms with van der Waals surface area (Å²) in [6.45, 7) is 2.97. The molecular formula is C15H19ClN4O2. The Morgan fingerprint density at radius 1 is 1.45 bits per heavy atom. The summed E-state index contributed by atoms with van der Waals surface area (Å²) in [5, 5.41) is 0. The molecule has 1 atom stereocenters. The quantitative estimate of drug-likeness (QED) is 0.894. The van der Waals surface area contributed by atoms with E-state index in [0.29, 0.717) is 18.7 Å². The van der Waals surface area contributed by atoms with Crippen LogP contribution in [0, 0.1) is 6.92 Å². The van der Waals surface area contributed by atoms with Gasteiger partial charge in [-0.15, -0.1) is 12.4 Å². The highest BCUT2D eigenvalue weighted by Gasteiger charge is 2.30. The molecule has 2 N–H and O–H groups in total. The van der Waals surface area contributed by atoms with Crippen molar-refractivity contribution in [1.29, 1.82) is 0 Å². The van der Waals surface area contributed by atoms with Gasteiger partial charge in [-0.05, 0) is 31.4 Å².